The van der Waals surface area contributed by atoms with Crippen molar-refractivity contribution in [3.63, 3.8) is 0 Å². The molecule has 1 aromatic rings. The molecule has 1 heterocycles. The Morgan fingerprint density at radius 2 is 1.88 bits per heavy atom. The summed E-state index contributed by atoms with van der Waals surface area (Å²) >= 11 is 1.47. The van der Waals surface area contributed by atoms with Crippen LogP contribution < -0.4 is 0 Å². The highest BCUT2D eigenvalue weighted by atomic mass is 32.2. The van der Waals surface area contributed by atoms with Crippen LogP contribution in [0.25, 0.3) is 0 Å². The SMILES string of the molecule is OCC1OCC(Sc2ccccc2)C(O)C1O. The van der Waals surface area contributed by atoms with Crippen LogP contribution in [0.5, 0.6) is 0 Å². The van der Waals surface area contributed by atoms with E-state index >= 15 is 0 Å². The molecular formula is C12H16O4S. The number of ether oxygens (including phenoxy) is 1. The highest BCUT2D eigenvalue weighted by Gasteiger charge is 2.38. The van der Waals surface area contributed by atoms with E-state index in [2.05, 4.69) is 0 Å². The fraction of sp³-hybridized carbons (Fsp3) is 0.500. The van der Waals surface area contributed by atoms with Crippen molar-refractivity contribution in [1.29, 1.82) is 0 Å². The van der Waals surface area contributed by atoms with E-state index in [0.717, 1.165) is 4.90 Å². The van der Waals surface area contributed by atoms with Gasteiger partial charge >= 0.3 is 0 Å². The van der Waals surface area contributed by atoms with Crippen LogP contribution in [-0.2, 0) is 4.74 Å². The predicted molar refractivity (Wildman–Crippen MR) is 64.9 cm³/mol. The summed E-state index contributed by atoms with van der Waals surface area (Å²) in [5, 5.41) is 28.4. The average Bonchev–Trinajstić information content (AvgIpc) is 2.37. The second-order valence-corrected chi connectivity index (χ2v) is 5.32. The summed E-state index contributed by atoms with van der Waals surface area (Å²) in [6.45, 7) is 0.0456. The lowest BCUT2D eigenvalue weighted by Gasteiger charge is -2.36. The zero-order chi connectivity index (χ0) is 12.3. The van der Waals surface area contributed by atoms with Crippen molar-refractivity contribution in [2.45, 2.75) is 28.5 Å². The monoisotopic (exact) mass is 256 g/mol. The number of aliphatic hydroxyl groups is 3. The van der Waals surface area contributed by atoms with E-state index in [9.17, 15) is 10.2 Å². The Balaban J connectivity index is 1.99. The van der Waals surface area contributed by atoms with E-state index in [4.69, 9.17) is 9.84 Å². The molecule has 0 saturated carbocycles. The minimum absolute atomic E-state index is 0.213. The number of hydrogen-bond acceptors (Lipinski definition) is 5. The van der Waals surface area contributed by atoms with Crippen molar-refractivity contribution in [2.75, 3.05) is 13.2 Å². The minimum Gasteiger partial charge on any atom is -0.394 e. The number of thioether (sulfide) groups is 1. The molecule has 5 heteroatoms. The summed E-state index contributed by atoms with van der Waals surface area (Å²) in [6, 6.07) is 9.66. The lowest BCUT2D eigenvalue weighted by atomic mass is 10.0. The summed E-state index contributed by atoms with van der Waals surface area (Å²) in [6.07, 6.45) is -2.60. The van der Waals surface area contributed by atoms with Crippen molar-refractivity contribution in [3.8, 4) is 0 Å². The predicted octanol–water partition coefficient (Wildman–Crippen LogP) is 0.260. The first-order valence-electron chi connectivity index (χ1n) is 5.52. The zero-order valence-electron chi connectivity index (χ0n) is 9.27. The van der Waals surface area contributed by atoms with Gasteiger partial charge in [0.15, 0.2) is 0 Å². The van der Waals surface area contributed by atoms with Gasteiger partial charge < -0.3 is 20.1 Å². The molecule has 3 N–H and O–H groups in total. The number of hydrogen-bond donors (Lipinski definition) is 3. The summed E-state index contributed by atoms with van der Waals surface area (Å²) in [7, 11) is 0. The Bertz CT molecular complexity index is 346. The number of aliphatic hydroxyl groups excluding tert-OH is 3. The average molecular weight is 256 g/mol. The van der Waals surface area contributed by atoms with Gasteiger partial charge in [-0.15, -0.1) is 11.8 Å². The lowest BCUT2D eigenvalue weighted by Crippen LogP contribution is -2.52. The smallest absolute Gasteiger partial charge is 0.109 e. The molecule has 0 spiro atoms. The molecule has 4 atom stereocenters. The molecule has 1 fully saturated rings. The van der Waals surface area contributed by atoms with Gasteiger partial charge in [-0.1, -0.05) is 18.2 Å². The molecule has 1 aliphatic heterocycles. The van der Waals surface area contributed by atoms with Gasteiger partial charge in [-0.2, -0.15) is 0 Å². The molecule has 2 rings (SSSR count). The van der Waals surface area contributed by atoms with Gasteiger partial charge in [-0.05, 0) is 12.1 Å². The van der Waals surface area contributed by atoms with Crippen LogP contribution in [0.15, 0.2) is 35.2 Å². The molecule has 0 aromatic heterocycles. The summed E-state index contributed by atoms with van der Waals surface area (Å²) in [4.78, 5) is 1.02. The van der Waals surface area contributed by atoms with Crippen LogP contribution >= 0.6 is 11.8 Å². The molecule has 1 aromatic carbocycles. The van der Waals surface area contributed by atoms with Crippen LogP contribution in [0.1, 0.15) is 0 Å². The van der Waals surface area contributed by atoms with Gasteiger partial charge in [-0.3, -0.25) is 0 Å². The van der Waals surface area contributed by atoms with E-state index < -0.39 is 18.3 Å². The van der Waals surface area contributed by atoms with Crippen molar-refractivity contribution in [1.82, 2.24) is 0 Å². The molecule has 0 aliphatic carbocycles. The molecule has 0 radical (unpaired) electrons. The van der Waals surface area contributed by atoms with Gasteiger partial charge in [0.05, 0.1) is 24.6 Å². The van der Waals surface area contributed by atoms with Gasteiger partial charge in [0, 0.05) is 4.90 Å². The highest BCUT2D eigenvalue weighted by Crippen LogP contribution is 2.30. The normalized spacial score (nSPS) is 33.6. The second-order valence-electron chi connectivity index (χ2n) is 4.00. The molecular weight excluding hydrogens is 240 g/mol. The minimum atomic E-state index is -1.03. The number of benzene rings is 1. The molecule has 0 amide bonds. The summed E-state index contributed by atoms with van der Waals surface area (Å²) in [5.74, 6) is 0. The van der Waals surface area contributed by atoms with Crippen molar-refractivity contribution >= 4 is 11.8 Å². The maximum Gasteiger partial charge on any atom is 0.109 e. The van der Waals surface area contributed by atoms with E-state index in [1.807, 2.05) is 30.3 Å². The first-order chi connectivity index (χ1) is 8.22. The molecule has 4 nitrogen and oxygen atoms in total. The third kappa shape index (κ3) is 3.00. The van der Waals surface area contributed by atoms with Crippen LogP contribution in [0.2, 0.25) is 0 Å². The quantitative estimate of drug-likeness (QED) is 0.724. The molecule has 1 aliphatic rings. The van der Waals surface area contributed by atoms with Crippen LogP contribution in [0.3, 0.4) is 0 Å². The highest BCUT2D eigenvalue weighted by molar-refractivity contribution is 8.00. The van der Waals surface area contributed by atoms with Gasteiger partial charge in [0.25, 0.3) is 0 Å². The van der Waals surface area contributed by atoms with Crippen LogP contribution in [0.4, 0.5) is 0 Å². The van der Waals surface area contributed by atoms with E-state index in [-0.39, 0.29) is 11.9 Å². The van der Waals surface area contributed by atoms with Gasteiger partial charge in [0.2, 0.25) is 0 Å². The third-order valence-corrected chi connectivity index (χ3v) is 4.06. The molecule has 0 bridgehead atoms. The Labute approximate surface area is 104 Å². The number of rotatable bonds is 3. The van der Waals surface area contributed by atoms with Crippen molar-refractivity contribution in [2.24, 2.45) is 0 Å². The van der Waals surface area contributed by atoms with E-state index in [0.29, 0.717) is 6.61 Å². The molecule has 1 saturated heterocycles. The maximum atomic E-state index is 9.94. The van der Waals surface area contributed by atoms with Crippen LogP contribution in [0, 0.1) is 0 Å². The van der Waals surface area contributed by atoms with Gasteiger partial charge in [-0.25, -0.2) is 0 Å². The third-order valence-electron chi connectivity index (χ3n) is 2.80. The Hall–Kier alpha value is -0.590. The van der Waals surface area contributed by atoms with Crippen LogP contribution in [-0.4, -0.2) is 52.1 Å². The first-order valence-corrected chi connectivity index (χ1v) is 6.40. The fourth-order valence-electron chi connectivity index (χ4n) is 1.79. The molecule has 4 unspecified atom stereocenters. The second kappa shape index (κ2) is 5.84. The summed E-state index contributed by atoms with van der Waals surface area (Å²) in [5.41, 5.74) is 0. The largest absolute Gasteiger partial charge is 0.394 e. The Morgan fingerprint density at radius 1 is 1.18 bits per heavy atom. The van der Waals surface area contributed by atoms with E-state index in [1.54, 1.807) is 0 Å². The standard InChI is InChI=1S/C12H16O4S/c13-6-9-11(14)12(15)10(7-16-9)17-8-4-2-1-3-5-8/h1-5,9-15H,6-7H2. The Kier molecular flexibility index (Phi) is 4.42. The van der Waals surface area contributed by atoms with E-state index in [1.165, 1.54) is 11.8 Å². The molecule has 17 heavy (non-hydrogen) atoms. The van der Waals surface area contributed by atoms with Gasteiger partial charge in [0.1, 0.15) is 12.2 Å². The topological polar surface area (TPSA) is 69.9 Å². The summed E-state index contributed by atoms with van der Waals surface area (Å²) < 4.78 is 5.31. The zero-order valence-corrected chi connectivity index (χ0v) is 10.1. The fourth-order valence-corrected chi connectivity index (χ4v) is 2.90. The molecule has 94 valence electrons. The lowest BCUT2D eigenvalue weighted by molar-refractivity contribution is -0.143. The Morgan fingerprint density at radius 3 is 2.53 bits per heavy atom. The first kappa shape index (κ1) is 12.9. The van der Waals surface area contributed by atoms with Crippen molar-refractivity contribution < 1.29 is 20.1 Å². The maximum absolute atomic E-state index is 9.94. The van der Waals surface area contributed by atoms with Crippen molar-refractivity contribution in [3.05, 3.63) is 30.3 Å².